The maximum absolute atomic E-state index is 13.1. The van der Waals surface area contributed by atoms with Gasteiger partial charge < -0.3 is 4.74 Å². The highest BCUT2D eigenvalue weighted by Crippen LogP contribution is 2.30. The van der Waals surface area contributed by atoms with Crippen molar-refractivity contribution in [2.24, 2.45) is 0 Å². The predicted molar refractivity (Wildman–Crippen MR) is 43.3 cm³/mol. The largest absolute Gasteiger partial charge is 0.496 e. The van der Waals surface area contributed by atoms with E-state index in [1.165, 1.54) is 0 Å². The lowest BCUT2D eigenvalue weighted by atomic mass is 10.1. The molecular formula is C9H5F5O2. The first-order chi connectivity index (χ1) is 7.29. The van der Waals surface area contributed by atoms with Crippen LogP contribution < -0.4 is 4.74 Å². The summed E-state index contributed by atoms with van der Waals surface area (Å²) in [5.74, 6) is -6.57. The molecule has 0 unspecified atom stereocenters. The maximum atomic E-state index is 13.1. The Hall–Kier alpha value is -1.66. The van der Waals surface area contributed by atoms with Gasteiger partial charge in [0.05, 0.1) is 7.11 Å². The Bertz CT molecular complexity index is 425. The van der Waals surface area contributed by atoms with E-state index in [2.05, 4.69) is 4.74 Å². The van der Waals surface area contributed by atoms with E-state index >= 15 is 0 Å². The Balaban J connectivity index is 3.42. The van der Waals surface area contributed by atoms with Crippen molar-refractivity contribution in [2.45, 2.75) is 6.18 Å². The lowest BCUT2D eigenvalue weighted by Gasteiger charge is -2.10. The number of hydrogen-bond donors (Lipinski definition) is 0. The molecule has 0 bridgehead atoms. The number of carbonyl (C=O) groups excluding carboxylic acids is 1. The molecule has 0 amide bonds. The van der Waals surface area contributed by atoms with Gasteiger partial charge in [-0.05, 0) is 12.1 Å². The van der Waals surface area contributed by atoms with E-state index in [4.69, 9.17) is 0 Å². The summed E-state index contributed by atoms with van der Waals surface area (Å²) in [7, 11) is 0.944. The van der Waals surface area contributed by atoms with Crippen LogP contribution in [0.15, 0.2) is 12.1 Å². The highest BCUT2D eigenvalue weighted by Gasteiger charge is 2.43. The van der Waals surface area contributed by atoms with Crippen LogP contribution in [0.3, 0.4) is 0 Å². The van der Waals surface area contributed by atoms with Crippen LogP contribution in [0.25, 0.3) is 0 Å². The fraction of sp³-hybridized carbons (Fsp3) is 0.222. The lowest BCUT2D eigenvalue weighted by molar-refractivity contribution is -0.0889. The van der Waals surface area contributed by atoms with Crippen LogP contribution in [0.2, 0.25) is 0 Å². The number of ether oxygens (including phenoxy) is 1. The summed E-state index contributed by atoms with van der Waals surface area (Å²) in [5, 5.41) is 0. The molecule has 0 spiro atoms. The first-order valence-electron chi connectivity index (χ1n) is 3.92. The first-order valence-corrected chi connectivity index (χ1v) is 3.92. The fourth-order valence-corrected chi connectivity index (χ4v) is 1.06. The molecule has 7 heteroatoms. The first kappa shape index (κ1) is 12.4. The molecule has 0 heterocycles. The number of rotatable bonds is 2. The van der Waals surface area contributed by atoms with Crippen molar-refractivity contribution >= 4 is 5.78 Å². The zero-order valence-electron chi connectivity index (χ0n) is 7.86. The Morgan fingerprint density at radius 3 is 2.25 bits per heavy atom. The minimum Gasteiger partial charge on any atom is -0.496 e. The van der Waals surface area contributed by atoms with Crippen LogP contribution in [-0.4, -0.2) is 19.1 Å². The van der Waals surface area contributed by atoms with Crippen LogP contribution in [0.5, 0.6) is 5.75 Å². The van der Waals surface area contributed by atoms with Crippen molar-refractivity contribution in [3.05, 3.63) is 29.3 Å². The van der Waals surface area contributed by atoms with E-state index in [0.29, 0.717) is 6.07 Å². The third-order valence-corrected chi connectivity index (χ3v) is 1.76. The van der Waals surface area contributed by atoms with Crippen molar-refractivity contribution < 1.29 is 31.5 Å². The number of Topliss-reactive ketones (excluding diaryl/α,β-unsaturated/α-hetero) is 1. The highest BCUT2D eigenvalue weighted by atomic mass is 19.4. The van der Waals surface area contributed by atoms with Gasteiger partial charge in [-0.2, -0.15) is 13.2 Å². The topological polar surface area (TPSA) is 26.3 Å². The maximum Gasteiger partial charge on any atom is 0.455 e. The minimum absolute atomic E-state index is 0.571. The minimum atomic E-state index is -5.29. The second-order valence-electron chi connectivity index (χ2n) is 2.77. The van der Waals surface area contributed by atoms with Crippen molar-refractivity contribution in [2.75, 3.05) is 7.11 Å². The summed E-state index contributed by atoms with van der Waals surface area (Å²) in [6, 6.07) is 1.32. The molecule has 0 N–H and O–H groups in total. The van der Waals surface area contributed by atoms with Gasteiger partial charge in [0.15, 0.2) is 11.6 Å². The molecule has 0 radical (unpaired) electrons. The number of benzene rings is 1. The summed E-state index contributed by atoms with van der Waals surface area (Å²) < 4.78 is 66.3. The summed E-state index contributed by atoms with van der Waals surface area (Å²) >= 11 is 0. The van der Waals surface area contributed by atoms with Gasteiger partial charge in [0.2, 0.25) is 0 Å². The normalized spacial score (nSPS) is 11.4. The monoisotopic (exact) mass is 240 g/mol. The van der Waals surface area contributed by atoms with E-state index in [0.717, 1.165) is 13.2 Å². The van der Waals surface area contributed by atoms with Crippen LogP contribution in [0.4, 0.5) is 22.0 Å². The smallest absolute Gasteiger partial charge is 0.455 e. The van der Waals surface area contributed by atoms with Gasteiger partial charge >= 0.3 is 6.18 Å². The number of alkyl halides is 3. The number of methoxy groups -OCH3 is 1. The Morgan fingerprint density at radius 2 is 1.81 bits per heavy atom. The molecular weight excluding hydrogens is 235 g/mol. The second-order valence-corrected chi connectivity index (χ2v) is 2.77. The molecule has 88 valence electrons. The van der Waals surface area contributed by atoms with Crippen LogP contribution in [0, 0.1) is 11.6 Å². The molecule has 0 saturated carbocycles. The molecule has 0 saturated heterocycles. The summed E-state index contributed by atoms with van der Waals surface area (Å²) in [5.41, 5.74) is -1.45. The number of carbonyl (C=O) groups is 1. The van der Waals surface area contributed by atoms with Crippen LogP contribution >= 0.6 is 0 Å². The van der Waals surface area contributed by atoms with Crippen molar-refractivity contribution in [3.8, 4) is 5.75 Å². The molecule has 16 heavy (non-hydrogen) atoms. The van der Waals surface area contributed by atoms with Gasteiger partial charge in [0.25, 0.3) is 5.78 Å². The van der Waals surface area contributed by atoms with Gasteiger partial charge in [0.1, 0.15) is 11.3 Å². The van der Waals surface area contributed by atoms with E-state index < -0.39 is 34.9 Å². The average molecular weight is 240 g/mol. The molecule has 0 aliphatic carbocycles. The lowest BCUT2D eigenvalue weighted by Crippen LogP contribution is -2.25. The standard InChI is InChI=1S/C9H5F5O2/c1-16-5-3-2-4(10)7(11)6(5)8(15)9(12,13)14/h2-3H,1H3. The molecule has 0 aromatic heterocycles. The second kappa shape index (κ2) is 4.07. The number of ketones is 1. The highest BCUT2D eigenvalue weighted by molar-refractivity contribution is 6.02. The molecule has 1 aromatic carbocycles. The van der Waals surface area contributed by atoms with Crippen molar-refractivity contribution in [3.63, 3.8) is 0 Å². The molecule has 0 fully saturated rings. The quantitative estimate of drug-likeness (QED) is 0.586. The summed E-state index contributed by atoms with van der Waals surface area (Å²) in [4.78, 5) is 10.8. The average Bonchev–Trinajstić information content (AvgIpc) is 2.19. The SMILES string of the molecule is COc1ccc(F)c(F)c1C(=O)C(F)(F)F. The zero-order valence-corrected chi connectivity index (χ0v) is 7.86. The molecule has 1 rings (SSSR count). The van der Waals surface area contributed by atoms with Crippen molar-refractivity contribution in [1.82, 2.24) is 0 Å². The van der Waals surface area contributed by atoms with E-state index in [-0.39, 0.29) is 0 Å². The van der Waals surface area contributed by atoms with Gasteiger partial charge in [-0.25, -0.2) is 8.78 Å². The third-order valence-electron chi connectivity index (χ3n) is 1.76. The van der Waals surface area contributed by atoms with Gasteiger partial charge in [-0.3, -0.25) is 4.79 Å². The zero-order chi connectivity index (χ0) is 12.5. The Kier molecular flexibility index (Phi) is 3.16. The molecule has 0 atom stereocenters. The van der Waals surface area contributed by atoms with E-state index in [1.807, 2.05) is 0 Å². The van der Waals surface area contributed by atoms with E-state index in [1.54, 1.807) is 0 Å². The molecule has 0 aliphatic heterocycles. The Labute approximate surface area is 86.6 Å². The predicted octanol–water partition coefficient (Wildman–Crippen LogP) is 2.72. The number of hydrogen-bond acceptors (Lipinski definition) is 2. The molecule has 0 aliphatic rings. The van der Waals surface area contributed by atoms with Gasteiger partial charge in [-0.1, -0.05) is 0 Å². The van der Waals surface area contributed by atoms with Crippen LogP contribution in [-0.2, 0) is 0 Å². The molecule has 1 aromatic rings. The Morgan fingerprint density at radius 1 is 1.25 bits per heavy atom. The summed E-state index contributed by atoms with van der Waals surface area (Å²) in [6.45, 7) is 0. The van der Waals surface area contributed by atoms with Crippen molar-refractivity contribution in [1.29, 1.82) is 0 Å². The third kappa shape index (κ3) is 2.12. The number of halogens is 5. The van der Waals surface area contributed by atoms with Crippen LogP contribution in [0.1, 0.15) is 10.4 Å². The van der Waals surface area contributed by atoms with Gasteiger partial charge in [0, 0.05) is 0 Å². The fourth-order valence-electron chi connectivity index (χ4n) is 1.06. The van der Waals surface area contributed by atoms with Gasteiger partial charge in [-0.15, -0.1) is 0 Å². The summed E-state index contributed by atoms with van der Waals surface area (Å²) in [6.07, 6.45) is -5.29. The van der Waals surface area contributed by atoms with E-state index in [9.17, 15) is 26.7 Å². The molecule has 2 nitrogen and oxygen atoms in total.